The minimum absolute atomic E-state index is 0.946. The highest BCUT2D eigenvalue weighted by Gasteiger charge is 2.06. The number of hydrogen-bond acceptors (Lipinski definition) is 3. The number of rotatable bonds is 6. The van der Waals surface area contributed by atoms with Crippen LogP contribution in [0.5, 0.6) is 0 Å². The van der Waals surface area contributed by atoms with Crippen molar-refractivity contribution in [1.29, 1.82) is 0 Å². The Morgan fingerprint density at radius 1 is 1.53 bits per heavy atom. The summed E-state index contributed by atoms with van der Waals surface area (Å²) in [7, 11) is 4.12. The summed E-state index contributed by atoms with van der Waals surface area (Å²) in [5.41, 5.74) is 2.48. The maximum atomic E-state index is 4.44. The number of nitrogens with zero attached hydrogens (tertiary/aromatic N) is 3. The third-order valence-electron chi connectivity index (χ3n) is 2.56. The first-order chi connectivity index (χ1) is 7.17. The van der Waals surface area contributed by atoms with E-state index in [-0.39, 0.29) is 0 Å². The molecule has 0 aliphatic heterocycles. The van der Waals surface area contributed by atoms with Crippen molar-refractivity contribution in [3.63, 3.8) is 0 Å². The van der Waals surface area contributed by atoms with E-state index in [0.29, 0.717) is 0 Å². The highest BCUT2D eigenvalue weighted by Crippen LogP contribution is 2.07. The summed E-state index contributed by atoms with van der Waals surface area (Å²) < 4.78 is 2.00. The summed E-state index contributed by atoms with van der Waals surface area (Å²) >= 11 is 0. The van der Waals surface area contributed by atoms with Gasteiger partial charge in [0.25, 0.3) is 0 Å². The largest absolute Gasteiger partial charge is 0.318 e. The maximum absolute atomic E-state index is 4.44. The van der Waals surface area contributed by atoms with Crippen LogP contribution in [0.25, 0.3) is 0 Å². The zero-order valence-electron chi connectivity index (χ0n) is 10.2. The predicted octanol–water partition coefficient (Wildman–Crippen LogP) is 0.863. The molecule has 0 aliphatic rings. The van der Waals surface area contributed by atoms with E-state index in [1.165, 1.54) is 5.56 Å². The van der Waals surface area contributed by atoms with Crippen LogP contribution in [-0.4, -0.2) is 41.9 Å². The van der Waals surface area contributed by atoms with Gasteiger partial charge in [-0.2, -0.15) is 5.10 Å². The van der Waals surface area contributed by atoms with Crippen molar-refractivity contribution in [2.75, 3.05) is 27.2 Å². The van der Waals surface area contributed by atoms with E-state index in [2.05, 4.69) is 42.4 Å². The number of aryl methyl sites for hydroxylation is 2. The third kappa shape index (κ3) is 3.64. The van der Waals surface area contributed by atoms with Gasteiger partial charge in [-0.25, -0.2) is 0 Å². The zero-order valence-corrected chi connectivity index (χ0v) is 10.2. The Bertz CT molecular complexity index is 293. The fourth-order valence-corrected chi connectivity index (χ4v) is 1.55. The summed E-state index contributed by atoms with van der Waals surface area (Å²) in [5, 5.41) is 7.59. The first-order valence-electron chi connectivity index (χ1n) is 5.53. The zero-order chi connectivity index (χ0) is 11.3. The first kappa shape index (κ1) is 12.2. The molecule has 0 saturated heterocycles. The van der Waals surface area contributed by atoms with Gasteiger partial charge < -0.3 is 10.2 Å². The van der Waals surface area contributed by atoms with Gasteiger partial charge in [-0.1, -0.05) is 0 Å². The van der Waals surface area contributed by atoms with Crippen molar-refractivity contribution in [2.24, 2.45) is 0 Å². The lowest BCUT2D eigenvalue weighted by Crippen LogP contribution is -2.27. The minimum atomic E-state index is 0.946. The summed E-state index contributed by atoms with van der Waals surface area (Å²) in [5.74, 6) is 0. The van der Waals surface area contributed by atoms with E-state index in [4.69, 9.17) is 0 Å². The Morgan fingerprint density at radius 2 is 2.27 bits per heavy atom. The molecule has 0 atom stereocenters. The van der Waals surface area contributed by atoms with Crippen LogP contribution >= 0.6 is 0 Å². The molecular formula is C11H22N4. The van der Waals surface area contributed by atoms with Gasteiger partial charge in [0.05, 0.1) is 5.69 Å². The van der Waals surface area contributed by atoms with Gasteiger partial charge in [0.15, 0.2) is 0 Å². The second kappa shape index (κ2) is 5.88. The smallest absolute Gasteiger partial charge is 0.0638 e. The van der Waals surface area contributed by atoms with Gasteiger partial charge in [-0.05, 0) is 27.9 Å². The lowest BCUT2D eigenvalue weighted by Gasteiger charge is -2.15. The average Bonchev–Trinajstić information content (AvgIpc) is 2.57. The first-order valence-corrected chi connectivity index (χ1v) is 5.53. The van der Waals surface area contributed by atoms with Crippen LogP contribution in [0.15, 0.2) is 6.20 Å². The van der Waals surface area contributed by atoms with E-state index in [9.17, 15) is 0 Å². The molecule has 0 aromatic carbocycles. The Labute approximate surface area is 92.3 Å². The van der Waals surface area contributed by atoms with E-state index in [1.807, 2.05) is 11.7 Å². The van der Waals surface area contributed by atoms with Crippen molar-refractivity contribution >= 4 is 0 Å². The van der Waals surface area contributed by atoms with Crippen molar-refractivity contribution in [2.45, 2.75) is 26.9 Å². The van der Waals surface area contributed by atoms with Gasteiger partial charge in [0.2, 0.25) is 0 Å². The number of aromatic nitrogens is 2. The fraction of sp³-hybridized carbons (Fsp3) is 0.727. The van der Waals surface area contributed by atoms with Crippen molar-refractivity contribution < 1.29 is 0 Å². The van der Waals surface area contributed by atoms with Gasteiger partial charge in [0, 0.05) is 37.9 Å². The Morgan fingerprint density at radius 3 is 2.80 bits per heavy atom. The third-order valence-corrected chi connectivity index (χ3v) is 2.56. The Kier molecular flexibility index (Phi) is 4.78. The average molecular weight is 210 g/mol. The molecule has 0 spiro atoms. The highest BCUT2D eigenvalue weighted by molar-refractivity contribution is 5.15. The van der Waals surface area contributed by atoms with Crippen molar-refractivity contribution in [3.05, 3.63) is 17.5 Å². The molecule has 0 radical (unpaired) electrons. The van der Waals surface area contributed by atoms with E-state index in [0.717, 1.165) is 31.9 Å². The summed E-state index contributed by atoms with van der Waals surface area (Å²) in [6, 6.07) is 0. The molecular weight excluding hydrogens is 188 g/mol. The molecule has 4 heteroatoms. The Balaban J connectivity index is 2.51. The van der Waals surface area contributed by atoms with Crippen LogP contribution in [0.2, 0.25) is 0 Å². The van der Waals surface area contributed by atoms with E-state index in [1.54, 1.807) is 0 Å². The molecule has 1 rings (SSSR count). The van der Waals surface area contributed by atoms with E-state index < -0.39 is 0 Å². The number of likely N-dealkylation sites (N-methyl/N-ethyl adjacent to an activating group) is 2. The molecule has 0 unspecified atom stereocenters. The monoisotopic (exact) mass is 210 g/mol. The minimum Gasteiger partial charge on any atom is -0.318 e. The summed E-state index contributed by atoms with van der Waals surface area (Å²) in [6.45, 7) is 8.20. The molecule has 0 amide bonds. The van der Waals surface area contributed by atoms with Gasteiger partial charge >= 0.3 is 0 Å². The molecule has 1 heterocycles. The van der Waals surface area contributed by atoms with Crippen LogP contribution in [0.4, 0.5) is 0 Å². The topological polar surface area (TPSA) is 33.1 Å². The molecule has 4 nitrogen and oxygen atoms in total. The van der Waals surface area contributed by atoms with Crippen molar-refractivity contribution in [1.82, 2.24) is 20.0 Å². The van der Waals surface area contributed by atoms with Crippen LogP contribution in [0.1, 0.15) is 18.2 Å². The predicted molar refractivity (Wildman–Crippen MR) is 62.9 cm³/mol. The van der Waals surface area contributed by atoms with Crippen molar-refractivity contribution in [3.8, 4) is 0 Å². The number of nitrogens with one attached hydrogen (secondary N) is 1. The second-order valence-corrected chi connectivity index (χ2v) is 3.94. The lowest BCUT2D eigenvalue weighted by molar-refractivity contribution is 0.327. The van der Waals surface area contributed by atoms with Crippen LogP contribution in [-0.2, 0) is 13.1 Å². The lowest BCUT2D eigenvalue weighted by atomic mass is 10.2. The normalized spacial score (nSPS) is 11.3. The molecule has 0 fully saturated rings. The molecule has 0 bridgehead atoms. The Hall–Kier alpha value is -0.870. The number of hydrogen-bond donors (Lipinski definition) is 1. The van der Waals surface area contributed by atoms with Gasteiger partial charge in [-0.15, -0.1) is 0 Å². The van der Waals surface area contributed by atoms with Crippen LogP contribution < -0.4 is 5.32 Å². The highest BCUT2D eigenvalue weighted by atomic mass is 15.3. The molecule has 15 heavy (non-hydrogen) atoms. The van der Waals surface area contributed by atoms with E-state index >= 15 is 0 Å². The van der Waals surface area contributed by atoms with Crippen LogP contribution in [0, 0.1) is 6.92 Å². The van der Waals surface area contributed by atoms with Gasteiger partial charge in [0.1, 0.15) is 0 Å². The molecule has 1 aromatic heterocycles. The molecule has 1 aromatic rings. The second-order valence-electron chi connectivity index (χ2n) is 3.94. The standard InChI is InChI=1S/C11H22N4/c1-5-15-9-11(10(2)13-15)8-14(4)7-6-12-3/h9,12H,5-8H2,1-4H3. The quantitative estimate of drug-likeness (QED) is 0.756. The molecule has 1 N–H and O–H groups in total. The fourth-order valence-electron chi connectivity index (χ4n) is 1.55. The van der Waals surface area contributed by atoms with Gasteiger partial charge in [-0.3, -0.25) is 4.68 Å². The maximum Gasteiger partial charge on any atom is 0.0638 e. The summed E-state index contributed by atoms with van der Waals surface area (Å²) in [6.07, 6.45) is 2.14. The molecule has 0 saturated carbocycles. The van der Waals surface area contributed by atoms with Crippen LogP contribution in [0.3, 0.4) is 0 Å². The SMILES string of the molecule is CCn1cc(CN(C)CCNC)c(C)n1. The molecule has 0 aliphatic carbocycles. The summed E-state index contributed by atoms with van der Waals surface area (Å²) in [4.78, 5) is 2.31. The molecule has 86 valence electrons.